The lowest BCUT2D eigenvalue weighted by Gasteiger charge is -2.08. The lowest BCUT2D eigenvalue weighted by molar-refractivity contribution is -0.130. The van der Waals surface area contributed by atoms with E-state index in [1.54, 1.807) is 44.2 Å². The number of anilines is 1. The molecule has 1 heterocycles. The van der Waals surface area contributed by atoms with E-state index in [0.29, 0.717) is 27.2 Å². The normalized spacial score (nSPS) is 11.4. The van der Waals surface area contributed by atoms with Crippen molar-refractivity contribution in [3.8, 4) is 0 Å². The minimum atomic E-state index is -1.22. The summed E-state index contributed by atoms with van der Waals surface area (Å²) in [7, 11) is 0. The molecule has 0 aliphatic carbocycles. The van der Waals surface area contributed by atoms with E-state index in [2.05, 4.69) is 10.3 Å². The summed E-state index contributed by atoms with van der Waals surface area (Å²) in [5, 5.41) is 13.7. The fraction of sp³-hybridized carbons (Fsp3) is 0.174. The molecule has 0 spiro atoms. The number of rotatable bonds is 7. The number of carbonyl (C=O) groups excluding carboxylic acids is 2. The first kappa shape index (κ1) is 23.4. The monoisotopic (exact) mass is 474 g/mol. The number of hydrogen-bond donors (Lipinski definition) is 3. The molecule has 1 aromatic heterocycles. The molecule has 3 rings (SSSR count). The van der Waals surface area contributed by atoms with Gasteiger partial charge in [0.1, 0.15) is 5.69 Å². The Morgan fingerprint density at radius 2 is 1.91 bits per heavy atom. The lowest BCUT2D eigenvalue weighted by Crippen LogP contribution is -2.10. The Morgan fingerprint density at radius 1 is 1.16 bits per heavy atom. The molecule has 1 amide bonds. The number of fused-ring (bicyclic) bond motifs is 1. The minimum Gasteiger partial charge on any atom is -0.478 e. The number of nitrogens with one attached hydrogen (secondary N) is 2. The van der Waals surface area contributed by atoms with Gasteiger partial charge < -0.3 is 20.1 Å². The van der Waals surface area contributed by atoms with Crippen LogP contribution in [0.5, 0.6) is 0 Å². The standard InChI is InChI=1S/C23H20Cl2N2O5/c1-3-19(28)26-14-7-5-6-12(8-14)15(22(29)30)11-16-20-17(25)9-13(24)10-18(20)27-21(16)23(31)32-4-2/h5-11,27H,3-4H2,1-2H3,(H,26,28)(H,29,30). The number of halogens is 2. The number of esters is 1. The Bertz CT molecular complexity index is 1250. The highest BCUT2D eigenvalue weighted by Gasteiger charge is 2.22. The van der Waals surface area contributed by atoms with Crippen molar-refractivity contribution in [2.45, 2.75) is 20.3 Å². The number of aromatic amines is 1. The van der Waals surface area contributed by atoms with Crippen LogP contribution < -0.4 is 5.32 Å². The number of aliphatic carboxylic acids is 1. The number of hydrogen-bond acceptors (Lipinski definition) is 4. The molecule has 2 aromatic carbocycles. The second-order valence-electron chi connectivity index (χ2n) is 6.79. The topological polar surface area (TPSA) is 108 Å². The summed E-state index contributed by atoms with van der Waals surface area (Å²) >= 11 is 12.5. The number of benzene rings is 2. The van der Waals surface area contributed by atoms with Crippen molar-refractivity contribution in [3.05, 3.63) is 63.3 Å². The van der Waals surface area contributed by atoms with Crippen molar-refractivity contribution in [3.63, 3.8) is 0 Å². The zero-order valence-electron chi connectivity index (χ0n) is 17.3. The average Bonchev–Trinajstić information content (AvgIpc) is 3.10. The lowest BCUT2D eigenvalue weighted by atomic mass is 10.0. The molecule has 0 saturated heterocycles. The number of carbonyl (C=O) groups is 3. The van der Waals surface area contributed by atoms with Gasteiger partial charge in [0.15, 0.2) is 0 Å². The molecule has 166 valence electrons. The van der Waals surface area contributed by atoms with Crippen molar-refractivity contribution >= 4 is 69.3 Å². The molecule has 0 aliphatic heterocycles. The average molecular weight is 475 g/mol. The Hall–Kier alpha value is -3.29. The smallest absolute Gasteiger partial charge is 0.355 e. The summed E-state index contributed by atoms with van der Waals surface area (Å²) in [5.74, 6) is -2.08. The highest BCUT2D eigenvalue weighted by molar-refractivity contribution is 6.39. The summed E-state index contributed by atoms with van der Waals surface area (Å²) in [4.78, 5) is 39.4. The molecule has 3 N–H and O–H groups in total. The molecular weight excluding hydrogens is 455 g/mol. The van der Waals surface area contributed by atoms with Crippen LogP contribution in [0.2, 0.25) is 10.0 Å². The van der Waals surface area contributed by atoms with Crippen LogP contribution in [0.1, 0.15) is 41.9 Å². The summed E-state index contributed by atoms with van der Waals surface area (Å²) in [5.41, 5.74) is 1.47. The maximum atomic E-state index is 12.6. The summed E-state index contributed by atoms with van der Waals surface area (Å²) in [6.45, 7) is 3.52. The van der Waals surface area contributed by atoms with Gasteiger partial charge in [-0.05, 0) is 42.8 Å². The largest absolute Gasteiger partial charge is 0.478 e. The number of H-pyrrole nitrogens is 1. The molecule has 0 radical (unpaired) electrons. The van der Waals surface area contributed by atoms with Crippen LogP contribution in [0.3, 0.4) is 0 Å². The van der Waals surface area contributed by atoms with E-state index in [0.717, 1.165) is 0 Å². The summed E-state index contributed by atoms with van der Waals surface area (Å²) in [6, 6.07) is 9.53. The van der Waals surface area contributed by atoms with Gasteiger partial charge in [-0.3, -0.25) is 4.79 Å². The predicted molar refractivity (Wildman–Crippen MR) is 125 cm³/mol. The van der Waals surface area contributed by atoms with Crippen molar-refractivity contribution in [2.24, 2.45) is 0 Å². The van der Waals surface area contributed by atoms with Gasteiger partial charge in [-0.1, -0.05) is 42.3 Å². The van der Waals surface area contributed by atoms with Crippen LogP contribution in [-0.2, 0) is 14.3 Å². The van der Waals surface area contributed by atoms with Crippen LogP contribution in [0.15, 0.2) is 36.4 Å². The first-order chi connectivity index (χ1) is 15.2. The van der Waals surface area contributed by atoms with Crippen LogP contribution in [0.25, 0.3) is 22.6 Å². The van der Waals surface area contributed by atoms with E-state index < -0.39 is 11.9 Å². The first-order valence-electron chi connectivity index (χ1n) is 9.78. The number of carboxylic acid groups (broad SMARTS) is 1. The maximum absolute atomic E-state index is 12.6. The third-order valence-electron chi connectivity index (χ3n) is 4.63. The van der Waals surface area contributed by atoms with Crippen LogP contribution >= 0.6 is 23.2 Å². The Morgan fingerprint density at radius 3 is 2.56 bits per heavy atom. The highest BCUT2D eigenvalue weighted by atomic mass is 35.5. The van der Waals surface area contributed by atoms with Gasteiger partial charge in [0, 0.05) is 33.6 Å². The molecule has 0 atom stereocenters. The summed E-state index contributed by atoms with van der Waals surface area (Å²) < 4.78 is 5.12. The SMILES string of the molecule is CCOC(=O)c1[nH]c2cc(Cl)cc(Cl)c2c1C=C(C(=O)O)c1cccc(NC(=O)CC)c1. The summed E-state index contributed by atoms with van der Waals surface area (Å²) in [6.07, 6.45) is 1.64. The molecule has 0 fully saturated rings. The van der Waals surface area contributed by atoms with Gasteiger partial charge >= 0.3 is 11.9 Å². The maximum Gasteiger partial charge on any atom is 0.355 e. The second-order valence-corrected chi connectivity index (χ2v) is 7.63. The molecule has 0 unspecified atom stereocenters. The van der Waals surface area contributed by atoms with Crippen LogP contribution in [0.4, 0.5) is 5.69 Å². The van der Waals surface area contributed by atoms with Gasteiger partial charge in [0.05, 0.1) is 17.2 Å². The number of carboxylic acids is 1. The van der Waals surface area contributed by atoms with Crippen molar-refractivity contribution in [1.82, 2.24) is 4.98 Å². The highest BCUT2D eigenvalue weighted by Crippen LogP contribution is 2.35. The predicted octanol–water partition coefficient (Wildman–Crippen LogP) is 5.63. The van der Waals surface area contributed by atoms with Crippen molar-refractivity contribution in [1.29, 1.82) is 0 Å². The third-order valence-corrected chi connectivity index (χ3v) is 5.15. The van der Waals surface area contributed by atoms with Crippen molar-refractivity contribution < 1.29 is 24.2 Å². The fourth-order valence-electron chi connectivity index (χ4n) is 3.21. The molecule has 3 aromatic rings. The molecule has 0 aliphatic rings. The zero-order chi connectivity index (χ0) is 23.4. The number of ether oxygens (including phenoxy) is 1. The van der Waals surface area contributed by atoms with E-state index >= 15 is 0 Å². The van der Waals surface area contributed by atoms with E-state index in [9.17, 15) is 19.5 Å². The first-order valence-corrected chi connectivity index (χ1v) is 10.5. The zero-order valence-corrected chi connectivity index (χ0v) is 18.8. The quantitative estimate of drug-likeness (QED) is 0.303. The van der Waals surface area contributed by atoms with Crippen molar-refractivity contribution in [2.75, 3.05) is 11.9 Å². The Balaban J connectivity index is 2.23. The molecule has 32 heavy (non-hydrogen) atoms. The molecule has 0 bridgehead atoms. The van der Waals surface area contributed by atoms with E-state index in [1.165, 1.54) is 12.1 Å². The Kier molecular flexibility index (Phi) is 7.22. The van der Waals surface area contributed by atoms with Gasteiger partial charge in [0.2, 0.25) is 5.91 Å². The van der Waals surface area contributed by atoms with Gasteiger partial charge in [-0.25, -0.2) is 9.59 Å². The molecule has 9 heteroatoms. The Labute approximate surface area is 194 Å². The third kappa shape index (κ3) is 4.95. The molecule has 7 nitrogen and oxygen atoms in total. The van der Waals surface area contributed by atoms with Gasteiger partial charge in [-0.2, -0.15) is 0 Å². The second kappa shape index (κ2) is 9.89. The minimum absolute atomic E-state index is 0.0557. The van der Waals surface area contributed by atoms with Gasteiger partial charge in [0.25, 0.3) is 0 Å². The molecular formula is C23H20Cl2N2O5. The van der Waals surface area contributed by atoms with Crippen LogP contribution in [0, 0.1) is 0 Å². The number of amides is 1. The molecule has 0 saturated carbocycles. The van der Waals surface area contributed by atoms with E-state index in [-0.39, 0.29) is 40.8 Å². The fourth-order valence-corrected chi connectivity index (χ4v) is 3.80. The number of aromatic nitrogens is 1. The van der Waals surface area contributed by atoms with E-state index in [1.807, 2.05) is 0 Å². The van der Waals surface area contributed by atoms with E-state index in [4.69, 9.17) is 27.9 Å². The van der Waals surface area contributed by atoms with Gasteiger partial charge in [-0.15, -0.1) is 0 Å². The van der Waals surface area contributed by atoms with Crippen LogP contribution in [-0.4, -0.2) is 34.5 Å².